The van der Waals surface area contributed by atoms with Crippen LogP contribution >= 0.6 is 0 Å². The van der Waals surface area contributed by atoms with E-state index >= 15 is 0 Å². The van der Waals surface area contributed by atoms with E-state index in [1.807, 2.05) is 6.92 Å². The predicted molar refractivity (Wildman–Crippen MR) is 76.5 cm³/mol. The van der Waals surface area contributed by atoms with Crippen molar-refractivity contribution in [2.24, 2.45) is 5.92 Å². The van der Waals surface area contributed by atoms with E-state index < -0.39 is 0 Å². The Labute approximate surface area is 109 Å². The van der Waals surface area contributed by atoms with Gasteiger partial charge in [-0.15, -0.1) is 0 Å². The van der Waals surface area contributed by atoms with E-state index in [0.29, 0.717) is 11.6 Å². The number of nitrogens with two attached hydrogens (primary N) is 1. The standard InChI is InChI=1S/C14H23N3O/c1-4-10(2)9-11(3)16-14(18)17-13-7-5-12(15)6-8-13/h5-8,10-11H,4,9,15H2,1-3H3,(H2,16,17,18). The molecule has 100 valence electrons. The van der Waals surface area contributed by atoms with E-state index in [1.165, 1.54) is 0 Å². The third-order valence-corrected chi connectivity index (χ3v) is 3.00. The number of nitrogen functional groups attached to an aromatic ring is 1. The molecule has 0 aliphatic heterocycles. The maximum absolute atomic E-state index is 11.7. The summed E-state index contributed by atoms with van der Waals surface area (Å²) >= 11 is 0. The van der Waals surface area contributed by atoms with Crippen LogP contribution in [0.5, 0.6) is 0 Å². The van der Waals surface area contributed by atoms with Crippen molar-refractivity contribution in [1.82, 2.24) is 5.32 Å². The minimum atomic E-state index is -0.171. The van der Waals surface area contributed by atoms with Gasteiger partial charge in [0.05, 0.1) is 0 Å². The molecule has 1 aromatic carbocycles. The SMILES string of the molecule is CCC(C)CC(C)NC(=O)Nc1ccc(N)cc1. The molecule has 4 nitrogen and oxygen atoms in total. The van der Waals surface area contributed by atoms with E-state index in [9.17, 15) is 4.79 Å². The van der Waals surface area contributed by atoms with Crippen LogP contribution in [0.15, 0.2) is 24.3 Å². The quantitative estimate of drug-likeness (QED) is 0.701. The predicted octanol–water partition coefficient (Wildman–Crippen LogP) is 3.22. The van der Waals surface area contributed by atoms with Crippen LogP contribution in [0.4, 0.5) is 16.2 Å². The summed E-state index contributed by atoms with van der Waals surface area (Å²) in [6.45, 7) is 6.37. The minimum absolute atomic E-state index is 0.171. The first-order valence-electron chi connectivity index (χ1n) is 6.44. The zero-order valence-corrected chi connectivity index (χ0v) is 11.4. The number of benzene rings is 1. The average Bonchev–Trinajstić information content (AvgIpc) is 2.31. The fraction of sp³-hybridized carbons (Fsp3) is 0.500. The summed E-state index contributed by atoms with van der Waals surface area (Å²) in [4.78, 5) is 11.7. The number of hydrogen-bond acceptors (Lipinski definition) is 2. The molecule has 0 heterocycles. The molecule has 0 saturated carbocycles. The van der Waals surface area contributed by atoms with Crippen LogP contribution in [-0.2, 0) is 0 Å². The zero-order valence-electron chi connectivity index (χ0n) is 11.4. The number of urea groups is 1. The van der Waals surface area contributed by atoms with E-state index in [0.717, 1.165) is 18.5 Å². The van der Waals surface area contributed by atoms with E-state index in [2.05, 4.69) is 24.5 Å². The first kappa shape index (κ1) is 14.4. The first-order valence-corrected chi connectivity index (χ1v) is 6.44. The van der Waals surface area contributed by atoms with E-state index in [1.54, 1.807) is 24.3 Å². The van der Waals surface area contributed by atoms with Crippen molar-refractivity contribution in [2.75, 3.05) is 11.1 Å². The first-order chi connectivity index (χ1) is 8.51. The third-order valence-electron chi connectivity index (χ3n) is 3.00. The molecule has 2 atom stereocenters. The normalized spacial score (nSPS) is 13.7. The Morgan fingerprint density at radius 3 is 2.44 bits per heavy atom. The van der Waals surface area contributed by atoms with Gasteiger partial charge in [-0.05, 0) is 43.5 Å². The maximum atomic E-state index is 11.7. The highest BCUT2D eigenvalue weighted by Crippen LogP contribution is 2.11. The van der Waals surface area contributed by atoms with Gasteiger partial charge < -0.3 is 16.4 Å². The number of carbonyl (C=O) groups is 1. The number of hydrogen-bond donors (Lipinski definition) is 3. The van der Waals surface area contributed by atoms with Crippen LogP contribution in [0.3, 0.4) is 0 Å². The van der Waals surface area contributed by atoms with Crippen LogP contribution < -0.4 is 16.4 Å². The lowest BCUT2D eigenvalue weighted by Crippen LogP contribution is -2.36. The monoisotopic (exact) mass is 249 g/mol. The number of anilines is 2. The van der Waals surface area contributed by atoms with Gasteiger partial charge in [0.2, 0.25) is 0 Å². The molecule has 0 saturated heterocycles. The summed E-state index contributed by atoms with van der Waals surface area (Å²) in [6, 6.07) is 7.10. The second-order valence-electron chi connectivity index (χ2n) is 4.87. The van der Waals surface area contributed by atoms with Crippen LogP contribution in [0.2, 0.25) is 0 Å². The molecule has 18 heavy (non-hydrogen) atoms. The molecular weight excluding hydrogens is 226 g/mol. The topological polar surface area (TPSA) is 67.2 Å². The fourth-order valence-corrected chi connectivity index (χ4v) is 1.79. The molecule has 0 fully saturated rings. The molecule has 2 amide bonds. The number of amides is 2. The lowest BCUT2D eigenvalue weighted by atomic mass is 10.0. The van der Waals surface area contributed by atoms with Gasteiger partial charge >= 0.3 is 6.03 Å². The summed E-state index contributed by atoms with van der Waals surface area (Å²) in [5.74, 6) is 0.622. The fourth-order valence-electron chi connectivity index (χ4n) is 1.79. The number of rotatable bonds is 5. The Morgan fingerprint density at radius 2 is 1.89 bits per heavy atom. The van der Waals surface area contributed by atoms with Crippen molar-refractivity contribution in [3.05, 3.63) is 24.3 Å². The van der Waals surface area contributed by atoms with Gasteiger partial charge in [-0.2, -0.15) is 0 Å². The van der Waals surface area contributed by atoms with Crippen molar-refractivity contribution >= 4 is 17.4 Å². The van der Waals surface area contributed by atoms with Gasteiger partial charge in [0.15, 0.2) is 0 Å². The maximum Gasteiger partial charge on any atom is 0.319 e. The van der Waals surface area contributed by atoms with Crippen LogP contribution in [0.25, 0.3) is 0 Å². The lowest BCUT2D eigenvalue weighted by Gasteiger charge is -2.17. The van der Waals surface area contributed by atoms with Crippen molar-refractivity contribution in [3.63, 3.8) is 0 Å². The van der Waals surface area contributed by atoms with Gasteiger partial charge in [0, 0.05) is 17.4 Å². The summed E-state index contributed by atoms with van der Waals surface area (Å²) in [5, 5.41) is 5.71. The molecule has 0 aromatic heterocycles. The van der Waals surface area contributed by atoms with Crippen molar-refractivity contribution in [2.45, 2.75) is 39.7 Å². The van der Waals surface area contributed by atoms with Crippen molar-refractivity contribution in [1.29, 1.82) is 0 Å². The Kier molecular flexibility index (Phi) is 5.49. The summed E-state index contributed by atoms with van der Waals surface area (Å²) in [5.41, 5.74) is 7.01. The molecule has 0 aliphatic rings. The Morgan fingerprint density at radius 1 is 1.28 bits per heavy atom. The molecule has 1 rings (SSSR count). The molecule has 0 bridgehead atoms. The highest BCUT2D eigenvalue weighted by atomic mass is 16.2. The summed E-state index contributed by atoms with van der Waals surface area (Å²) in [7, 11) is 0. The van der Waals surface area contributed by atoms with Gasteiger partial charge in [0.25, 0.3) is 0 Å². The molecule has 2 unspecified atom stereocenters. The van der Waals surface area contributed by atoms with Gasteiger partial charge in [-0.1, -0.05) is 20.3 Å². The summed E-state index contributed by atoms with van der Waals surface area (Å²) < 4.78 is 0. The number of nitrogens with one attached hydrogen (secondary N) is 2. The second kappa shape index (κ2) is 6.89. The molecule has 1 aromatic rings. The van der Waals surface area contributed by atoms with Crippen LogP contribution in [0, 0.1) is 5.92 Å². The average molecular weight is 249 g/mol. The molecule has 4 heteroatoms. The summed E-state index contributed by atoms with van der Waals surface area (Å²) in [6.07, 6.45) is 2.12. The largest absolute Gasteiger partial charge is 0.399 e. The molecule has 0 radical (unpaired) electrons. The highest BCUT2D eigenvalue weighted by molar-refractivity contribution is 5.89. The zero-order chi connectivity index (χ0) is 13.5. The van der Waals surface area contributed by atoms with Gasteiger partial charge in [-0.3, -0.25) is 0 Å². The van der Waals surface area contributed by atoms with Gasteiger partial charge in [0.1, 0.15) is 0 Å². The third kappa shape index (κ3) is 5.08. The van der Waals surface area contributed by atoms with Crippen LogP contribution in [0.1, 0.15) is 33.6 Å². The second-order valence-corrected chi connectivity index (χ2v) is 4.87. The van der Waals surface area contributed by atoms with Crippen molar-refractivity contribution in [3.8, 4) is 0 Å². The molecule has 0 spiro atoms. The minimum Gasteiger partial charge on any atom is -0.399 e. The van der Waals surface area contributed by atoms with E-state index in [-0.39, 0.29) is 12.1 Å². The lowest BCUT2D eigenvalue weighted by molar-refractivity contribution is 0.247. The number of carbonyl (C=O) groups excluding carboxylic acids is 1. The van der Waals surface area contributed by atoms with Crippen molar-refractivity contribution < 1.29 is 4.79 Å². The van der Waals surface area contributed by atoms with Gasteiger partial charge in [-0.25, -0.2) is 4.79 Å². The van der Waals surface area contributed by atoms with Crippen LogP contribution in [-0.4, -0.2) is 12.1 Å². The highest BCUT2D eigenvalue weighted by Gasteiger charge is 2.10. The Bertz CT molecular complexity index is 375. The molecule has 4 N–H and O–H groups in total. The van der Waals surface area contributed by atoms with E-state index in [4.69, 9.17) is 5.73 Å². The molecular formula is C14H23N3O. The Hall–Kier alpha value is -1.71. The molecule has 0 aliphatic carbocycles. The Balaban J connectivity index is 2.39. The smallest absolute Gasteiger partial charge is 0.319 e.